The molecule has 0 radical (unpaired) electrons. The van der Waals surface area contributed by atoms with Gasteiger partial charge in [-0.15, -0.1) is 0 Å². The second-order valence-corrected chi connectivity index (χ2v) is 4.89. The zero-order valence-electron chi connectivity index (χ0n) is 10.3. The van der Waals surface area contributed by atoms with Gasteiger partial charge in [0.15, 0.2) is 0 Å². The zero-order valence-corrected chi connectivity index (χ0v) is 11.8. The number of carboxylic acid groups (broad SMARTS) is 1. The third-order valence-electron chi connectivity index (χ3n) is 2.89. The van der Waals surface area contributed by atoms with Gasteiger partial charge in [0.1, 0.15) is 0 Å². The Morgan fingerprint density at radius 3 is 2.58 bits per heavy atom. The summed E-state index contributed by atoms with van der Waals surface area (Å²) >= 11 is 11.8. The van der Waals surface area contributed by atoms with Gasteiger partial charge in [-0.3, -0.25) is 0 Å². The molecule has 1 heterocycles. The van der Waals surface area contributed by atoms with E-state index in [1.165, 1.54) is 0 Å². The van der Waals surface area contributed by atoms with Crippen LogP contribution in [-0.2, 0) is 16.0 Å². The first-order chi connectivity index (χ1) is 9.02. The van der Waals surface area contributed by atoms with Gasteiger partial charge in [-0.1, -0.05) is 35.3 Å². The average molecular weight is 302 g/mol. The minimum Gasteiger partial charge on any atom is -0.475 e. The van der Waals surface area contributed by atoms with Crippen LogP contribution in [0.15, 0.2) is 35.7 Å². The van der Waals surface area contributed by atoms with Crippen molar-refractivity contribution in [1.82, 2.24) is 4.90 Å². The topological polar surface area (TPSA) is 49.8 Å². The minimum atomic E-state index is -1.11. The van der Waals surface area contributed by atoms with E-state index < -0.39 is 11.7 Å². The highest BCUT2D eigenvalue weighted by molar-refractivity contribution is 6.30. The number of allylic oxidation sites excluding steroid dienone is 1. The van der Waals surface area contributed by atoms with Crippen LogP contribution in [0.2, 0.25) is 5.02 Å². The lowest BCUT2D eigenvalue weighted by molar-refractivity contribution is -0.136. The second kappa shape index (κ2) is 5.72. The van der Waals surface area contributed by atoms with Gasteiger partial charge < -0.3 is 14.7 Å². The van der Waals surface area contributed by atoms with Gasteiger partial charge in [0, 0.05) is 18.0 Å². The van der Waals surface area contributed by atoms with E-state index in [0.717, 1.165) is 5.56 Å². The summed E-state index contributed by atoms with van der Waals surface area (Å²) < 4.78 is 5.18. The molecule has 0 fully saturated rings. The predicted molar refractivity (Wildman–Crippen MR) is 72.9 cm³/mol. The van der Waals surface area contributed by atoms with Crippen molar-refractivity contribution in [3.8, 4) is 0 Å². The molecule has 102 valence electrons. The van der Waals surface area contributed by atoms with Crippen LogP contribution in [-0.4, -0.2) is 28.2 Å². The molecule has 19 heavy (non-hydrogen) atoms. The minimum absolute atomic E-state index is 0.0863. The number of halogens is 2. The molecule has 0 aromatic heterocycles. The van der Waals surface area contributed by atoms with Crippen LogP contribution in [0.5, 0.6) is 0 Å². The number of hydrogen-bond acceptors (Lipinski definition) is 3. The molecule has 1 aromatic carbocycles. The number of alkyl halides is 1. The van der Waals surface area contributed by atoms with Gasteiger partial charge >= 0.3 is 5.97 Å². The molecule has 1 aromatic rings. The van der Waals surface area contributed by atoms with E-state index in [2.05, 4.69) is 0 Å². The van der Waals surface area contributed by atoms with Crippen molar-refractivity contribution in [3.05, 3.63) is 46.3 Å². The number of likely N-dealkylation sites (N-methyl/N-ethyl adjacent to an activating group) is 1. The third kappa shape index (κ3) is 2.96. The highest BCUT2D eigenvalue weighted by Crippen LogP contribution is 2.30. The fraction of sp³-hybridized carbons (Fsp3) is 0.308. The van der Waals surface area contributed by atoms with Crippen LogP contribution < -0.4 is 0 Å². The van der Waals surface area contributed by atoms with Crippen LogP contribution in [0, 0.1) is 0 Å². The van der Waals surface area contributed by atoms with Gasteiger partial charge in [0.25, 0.3) is 5.69 Å². The molecule has 0 saturated carbocycles. The summed E-state index contributed by atoms with van der Waals surface area (Å²) in [5.41, 5.74) is 0.765. The van der Waals surface area contributed by atoms with Crippen molar-refractivity contribution in [2.75, 3.05) is 6.54 Å². The van der Waals surface area contributed by atoms with Crippen LogP contribution in [0.1, 0.15) is 12.5 Å². The quantitative estimate of drug-likeness (QED) is 0.686. The van der Waals surface area contributed by atoms with Gasteiger partial charge in [0.2, 0.25) is 5.76 Å². The Hall–Kier alpha value is -1.39. The first kappa shape index (κ1) is 14.0. The molecule has 0 saturated heterocycles. The maximum absolute atomic E-state index is 11.2. The van der Waals surface area contributed by atoms with Crippen LogP contribution in [0.4, 0.5) is 0 Å². The average Bonchev–Trinajstić information content (AvgIpc) is 2.68. The number of nitrogens with zero attached hydrogens (tertiary/aromatic N) is 1. The van der Waals surface area contributed by atoms with E-state index in [9.17, 15) is 4.79 Å². The Balaban J connectivity index is 2.30. The van der Waals surface area contributed by atoms with E-state index in [4.69, 9.17) is 33.0 Å². The number of benzene rings is 1. The van der Waals surface area contributed by atoms with Gasteiger partial charge in [-0.25, -0.2) is 4.79 Å². The van der Waals surface area contributed by atoms with E-state index in [-0.39, 0.29) is 5.76 Å². The van der Waals surface area contributed by atoms with Gasteiger partial charge in [-0.05, 0) is 24.6 Å². The highest BCUT2D eigenvalue weighted by Gasteiger charge is 2.34. The predicted octanol–water partition coefficient (Wildman–Crippen LogP) is 3.05. The lowest BCUT2D eigenvalue weighted by Crippen LogP contribution is -2.27. The van der Waals surface area contributed by atoms with Crippen molar-refractivity contribution >= 4 is 29.2 Å². The fourth-order valence-electron chi connectivity index (χ4n) is 1.97. The molecular weight excluding hydrogens is 289 g/mol. The number of carbonyl (C=O) groups is 1. The SMILES string of the molecule is CCN1C(Cc2ccc(Cl)cc2)=C(C(=O)O)OC1Cl. The van der Waals surface area contributed by atoms with Crippen LogP contribution in [0.25, 0.3) is 0 Å². The molecule has 0 spiro atoms. The van der Waals surface area contributed by atoms with Crippen molar-refractivity contribution in [2.24, 2.45) is 0 Å². The molecule has 0 bridgehead atoms. The number of aliphatic carboxylic acids is 1. The lowest BCUT2D eigenvalue weighted by Gasteiger charge is -2.21. The number of hydrogen-bond donors (Lipinski definition) is 1. The Morgan fingerprint density at radius 2 is 2.05 bits per heavy atom. The maximum Gasteiger partial charge on any atom is 0.373 e. The molecule has 1 aliphatic rings. The maximum atomic E-state index is 11.2. The molecule has 1 atom stereocenters. The lowest BCUT2D eigenvalue weighted by atomic mass is 10.1. The molecule has 1 N–H and O–H groups in total. The van der Waals surface area contributed by atoms with Crippen molar-refractivity contribution in [1.29, 1.82) is 0 Å². The van der Waals surface area contributed by atoms with E-state index in [0.29, 0.717) is 23.7 Å². The molecule has 1 aliphatic heterocycles. The summed E-state index contributed by atoms with van der Waals surface area (Å²) in [6.45, 7) is 2.47. The Morgan fingerprint density at radius 1 is 1.42 bits per heavy atom. The Kier molecular flexibility index (Phi) is 4.22. The van der Waals surface area contributed by atoms with Gasteiger partial charge in [-0.2, -0.15) is 0 Å². The van der Waals surface area contributed by atoms with Crippen molar-refractivity contribution in [2.45, 2.75) is 19.0 Å². The summed E-state index contributed by atoms with van der Waals surface area (Å²) in [7, 11) is 0. The fourth-order valence-corrected chi connectivity index (χ4v) is 2.44. The molecular formula is C13H13Cl2NO3. The molecule has 4 nitrogen and oxygen atoms in total. The number of carboxylic acids is 1. The normalized spacial score (nSPS) is 18.7. The largest absolute Gasteiger partial charge is 0.475 e. The van der Waals surface area contributed by atoms with Gasteiger partial charge in [0.05, 0.1) is 5.70 Å². The van der Waals surface area contributed by atoms with Crippen molar-refractivity contribution in [3.63, 3.8) is 0 Å². The first-order valence-electron chi connectivity index (χ1n) is 5.81. The summed E-state index contributed by atoms with van der Waals surface area (Å²) in [5, 5.41) is 9.79. The zero-order chi connectivity index (χ0) is 14.0. The molecule has 2 rings (SSSR count). The van der Waals surface area contributed by atoms with Crippen LogP contribution >= 0.6 is 23.2 Å². The molecule has 0 aliphatic carbocycles. The Bertz CT molecular complexity index is 513. The molecule has 6 heteroatoms. The monoisotopic (exact) mass is 301 g/mol. The van der Waals surface area contributed by atoms with E-state index >= 15 is 0 Å². The molecule has 1 unspecified atom stereocenters. The standard InChI is InChI=1S/C13H13Cl2NO3/c1-2-16-10(11(12(17)18)19-13(16)15)7-8-3-5-9(14)6-4-8/h3-6,13H,2,7H2,1H3,(H,17,18). The first-order valence-corrected chi connectivity index (χ1v) is 6.62. The summed E-state index contributed by atoms with van der Waals surface area (Å²) in [6.07, 6.45) is 0.440. The smallest absolute Gasteiger partial charge is 0.373 e. The number of ether oxygens (including phenoxy) is 1. The van der Waals surface area contributed by atoms with E-state index in [1.807, 2.05) is 19.1 Å². The highest BCUT2D eigenvalue weighted by atomic mass is 35.5. The van der Waals surface area contributed by atoms with E-state index in [1.54, 1.807) is 17.0 Å². The van der Waals surface area contributed by atoms with Crippen LogP contribution in [0.3, 0.4) is 0 Å². The summed E-state index contributed by atoms with van der Waals surface area (Å²) in [5.74, 6) is -1.19. The summed E-state index contributed by atoms with van der Waals surface area (Å²) in [6, 6.07) is 7.23. The van der Waals surface area contributed by atoms with Crippen molar-refractivity contribution < 1.29 is 14.6 Å². The third-order valence-corrected chi connectivity index (χ3v) is 3.47. The summed E-state index contributed by atoms with van der Waals surface area (Å²) in [4.78, 5) is 12.9. The number of rotatable bonds is 4. The second-order valence-electron chi connectivity index (χ2n) is 4.08. The Labute approximate surface area is 121 Å². The molecule has 0 amide bonds.